The van der Waals surface area contributed by atoms with Gasteiger partial charge in [0.05, 0.1) is 0 Å². The molecule has 0 aliphatic heterocycles. The maximum absolute atomic E-state index is 11.3. The van der Waals surface area contributed by atoms with E-state index in [1.165, 1.54) is 0 Å². The van der Waals surface area contributed by atoms with Gasteiger partial charge in [-0.05, 0) is 0 Å². The van der Waals surface area contributed by atoms with Crippen molar-refractivity contribution in [1.29, 1.82) is 0 Å². The highest BCUT2D eigenvalue weighted by atomic mass is 16.5. The second-order valence-electron chi connectivity index (χ2n) is 4.99. The lowest BCUT2D eigenvalue weighted by Gasteiger charge is -2.22. The van der Waals surface area contributed by atoms with Crippen LogP contribution in [0.2, 0.25) is 0 Å². The van der Waals surface area contributed by atoms with E-state index < -0.39 is 0 Å². The fourth-order valence-corrected chi connectivity index (χ4v) is 0.545. The highest BCUT2D eigenvalue weighted by molar-refractivity contribution is 5.58. The molecule has 0 saturated heterocycles. The van der Waals surface area contributed by atoms with Crippen LogP contribution < -0.4 is 0 Å². The van der Waals surface area contributed by atoms with E-state index >= 15 is 0 Å². The van der Waals surface area contributed by atoms with Crippen molar-refractivity contribution in [3.63, 3.8) is 0 Å². The molecule has 11 heavy (non-hydrogen) atoms. The van der Waals surface area contributed by atoms with E-state index in [0.29, 0.717) is 0 Å². The van der Waals surface area contributed by atoms with Gasteiger partial charge >= 0.3 is 0 Å². The zero-order valence-corrected chi connectivity index (χ0v) is 8.43. The van der Waals surface area contributed by atoms with Crippen LogP contribution in [0, 0.1) is 10.6 Å². The van der Waals surface area contributed by atoms with Crippen molar-refractivity contribution in [2.45, 2.75) is 47.1 Å². The van der Waals surface area contributed by atoms with Crippen LogP contribution >= 0.6 is 0 Å². The van der Waals surface area contributed by atoms with E-state index in [2.05, 4.69) is 0 Å². The maximum atomic E-state index is 11.3. The molecule has 66 valence electrons. The van der Waals surface area contributed by atoms with Crippen LogP contribution in [0.5, 0.6) is 0 Å². The van der Waals surface area contributed by atoms with Crippen LogP contribution in [0.4, 0.5) is 0 Å². The number of hydroxylamine groups is 1. The summed E-state index contributed by atoms with van der Waals surface area (Å²) in [5.74, 6) is 0. The van der Waals surface area contributed by atoms with Gasteiger partial charge in [0, 0.05) is 26.2 Å². The van der Waals surface area contributed by atoms with E-state index in [1.54, 1.807) is 6.21 Å². The Kier molecular flexibility index (Phi) is 2.70. The summed E-state index contributed by atoms with van der Waals surface area (Å²) in [7, 11) is 0. The number of nitrogens with zero attached hydrogens (tertiary/aromatic N) is 1. The molecular formula is C9H19NO. The minimum Gasteiger partial charge on any atom is -0.624 e. The van der Waals surface area contributed by atoms with E-state index in [4.69, 9.17) is 0 Å². The van der Waals surface area contributed by atoms with Gasteiger partial charge in [-0.15, -0.1) is 0 Å². The van der Waals surface area contributed by atoms with Gasteiger partial charge in [0.15, 0.2) is 11.8 Å². The third-order valence-corrected chi connectivity index (χ3v) is 1.17. The number of rotatable bonds is 0. The standard InChI is InChI=1S/C9H19NO/c1-8(2,3)7-10(11)9(4,5)6/h7H,1-6H3/b10-7-. The Hall–Kier alpha value is -0.530. The molecule has 0 saturated carbocycles. The Balaban J connectivity index is 4.49. The summed E-state index contributed by atoms with van der Waals surface area (Å²) >= 11 is 0. The fourth-order valence-electron chi connectivity index (χ4n) is 0.545. The lowest BCUT2D eigenvalue weighted by molar-refractivity contribution is -0.533. The number of hydrogen-bond donors (Lipinski definition) is 0. The normalized spacial score (nSPS) is 15.3. The molecule has 0 radical (unpaired) electrons. The molecule has 0 bridgehead atoms. The molecule has 0 amide bonds. The molecule has 0 N–H and O–H groups in total. The molecule has 0 aromatic rings. The van der Waals surface area contributed by atoms with Gasteiger partial charge in [-0.3, -0.25) is 0 Å². The van der Waals surface area contributed by atoms with Gasteiger partial charge in [0.1, 0.15) is 0 Å². The van der Waals surface area contributed by atoms with Gasteiger partial charge in [-0.25, -0.2) is 4.74 Å². The highest BCUT2D eigenvalue weighted by Gasteiger charge is 2.21. The van der Waals surface area contributed by atoms with Crippen LogP contribution in [0.1, 0.15) is 41.5 Å². The van der Waals surface area contributed by atoms with Gasteiger partial charge in [0.2, 0.25) is 0 Å². The Bertz CT molecular complexity index is 157. The Morgan fingerprint density at radius 1 is 1.00 bits per heavy atom. The summed E-state index contributed by atoms with van der Waals surface area (Å²) in [6.07, 6.45) is 1.72. The van der Waals surface area contributed by atoms with Crippen LogP contribution in [-0.2, 0) is 0 Å². The van der Waals surface area contributed by atoms with Crippen molar-refractivity contribution in [3.05, 3.63) is 5.21 Å². The summed E-state index contributed by atoms with van der Waals surface area (Å²) in [5, 5.41) is 11.3. The molecule has 2 heteroatoms. The van der Waals surface area contributed by atoms with Crippen LogP contribution in [0.25, 0.3) is 0 Å². The van der Waals surface area contributed by atoms with Gasteiger partial charge in [0.25, 0.3) is 0 Å². The first-order chi connectivity index (χ1) is 4.63. The molecule has 0 aromatic heterocycles. The molecule has 0 spiro atoms. The first kappa shape index (κ1) is 10.5. The molecule has 0 aromatic carbocycles. The molecule has 0 atom stereocenters. The predicted molar refractivity (Wildman–Crippen MR) is 48.9 cm³/mol. The molecular weight excluding hydrogens is 138 g/mol. The minimum absolute atomic E-state index is 0.0327. The zero-order valence-electron chi connectivity index (χ0n) is 8.43. The average Bonchev–Trinajstić information content (AvgIpc) is 1.56. The highest BCUT2D eigenvalue weighted by Crippen LogP contribution is 2.12. The lowest BCUT2D eigenvalue weighted by Crippen LogP contribution is -2.32. The summed E-state index contributed by atoms with van der Waals surface area (Å²) in [5.41, 5.74) is -0.345. The monoisotopic (exact) mass is 157 g/mol. The summed E-state index contributed by atoms with van der Waals surface area (Å²) in [4.78, 5) is 0. The van der Waals surface area contributed by atoms with E-state index in [-0.39, 0.29) is 11.0 Å². The summed E-state index contributed by atoms with van der Waals surface area (Å²) in [6, 6.07) is 0. The number of hydrogen-bond acceptors (Lipinski definition) is 1. The second kappa shape index (κ2) is 2.84. The van der Waals surface area contributed by atoms with E-state index in [9.17, 15) is 5.21 Å². The summed E-state index contributed by atoms with van der Waals surface area (Å²) in [6.45, 7) is 11.8. The molecule has 0 aliphatic rings. The van der Waals surface area contributed by atoms with Gasteiger partial charge < -0.3 is 5.21 Å². The Morgan fingerprint density at radius 2 is 1.36 bits per heavy atom. The average molecular weight is 157 g/mol. The summed E-state index contributed by atoms with van der Waals surface area (Å²) < 4.78 is 1.02. The molecule has 0 aliphatic carbocycles. The first-order valence-electron chi connectivity index (χ1n) is 3.95. The largest absolute Gasteiger partial charge is 0.624 e. The van der Waals surface area contributed by atoms with Crippen molar-refractivity contribution in [2.75, 3.05) is 0 Å². The zero-order chi connectivity index (χ0) is 9.28. The molecule has 0 fully saturated rings. The van der Waals surface area contributed by atoms with Gasteiger partial charge in [-0.2, -0.15) is 0 Å². The maximum Gasteiger partial charge on any atom is 0.164 e. The Morgan fingerprint density at radius 3 is 1.45 bits per heavy atom. The topological polar surface area (TPSA) is 26.1 Å². The molecule has 0 rings (SSSR count). The van der Waals surface area contributed by atoms with Crippen molar-refractivity contribution >= 4 is 6.21 Å². The lowest BCUT2D eigenvalue weighted by atomic mass is 9.98. The fraction of sp³-hybridized carbons (Fsp3) is 0.889. The van der Waals surface area contributed by atoms with Crippen molar-refractivity contribution in [2.24, 2.45) is 5.41 Å². The van der Waals surface area contributed by atoms with Crippen LogP contribution in [0.3, 0.4) is 0 Å². The first-order valence-corrected chi connectivity index (χ1v) is 3.95. The quantitative estimate of drug-likeness (QED) is 0.229. The third kappa shape index (κ3) is 4.82. The predicted octanol–water partition coefficient (Wildman–Crippen LogP) is 2.41. The molecule has 0 unspecified atom stereocenters. The SMILES string of the molecule is CC(C)(C)/C=[N+](\[O-])C(C)(C)C. The van der Waals surface area contributed by atoms with E-state index in [0.717, 1.165) is 4.74 Å². The third-order valence-electron chi connectivity index (χ3n) is 1.17. The van der Waals surface area contributed by atoms with Gasteiger partial charge in [-0.1, -0.05) is 20.8 Å². The second-order valence-corrected chi connectivity index (χ2v) is 4.99. The van der Waals surface area contributed by atoms with Crippen molar-refractivity contribution in [1.82, 2.24) is 0 Å². The molecule has 2 nitrogen and oxygen atoms in total. The van der Waals surface area contributed by atoms with E-state index in [1.807, 2.05) is 41.5 Å². The van der Waals surface area contributed by atoms with Crippen molar-refractivity contribution in [3.8, 4) is 0 Å². The molecule has 0 heterocycles. The minimum atomic E-state index is -0.312. The smallest absolute Gasteiger partial charge is 0.164 e. The Labute approximate surface area is 69.5 Å². The van der Waals surface area contributed by atoms with Crippen LogP contribution in [0.15, 0.2) is 0 Å². The van der Waals surface area contributed by atoms with Crippen molar-refractivity contribution < 1.29 is 4.74 Å². The van der Waals surface area contributed by atoms with Crippen LogP contribution in [-0.4, -0.2) is 16.5 Å².